The summed E-state index contributed by atoms with van der Waals surface area (Å²) in [5, 5.41) is 4.22. The Morgan fingerprint density at radius 1 is 1.39 bits per heavy atom. The third-order valence-corrected chi connectivity index (χ3v) is 2.81. The first kappa shape index (κ1) is 12.6. The maximum Gasteiger partial charge on any atom is 0.124 e. The van der Waals surface area contributed by atoms with Gasteiger partial charge in [0.25, 0.3) is 0 Å². The molecule has 0 amide bonds. The molecule has 1 aromatic carbocycles. The van der Waals surface area contributed by atoms with Crippen molar-refractivity contribution in [1.29, 1.82) is 0 Å². The zero-order chi connectivity index (χ0) is 13.0. The van der Waals surface area contributed by atoms with Crippen molar-refractivity contribution in [3.05, 3.63) is 47.8 Å². The van der Waals surface area contributed by atoms with Gasteiger partial charge in [0.2, 0.25) is 0 Å². The highest BCUT2D eigenvalue weighted by atomic mass is 16.5. The molecule has 1 atom stereocenters. The average Bonchev–Trinajstić information content (AvgIpc) is 2.84. The Kier molecular flexibility index (Phi) is 3.99. The Morgan fingerprint density at radius 3 is 2.83 bits per heavy atom. The lowest BCUT2D eigenvalue weighted by Gasteiger charge is -2.13. The molecule has 0 bridgehead atoms. The standard InChI is InChI=1S/C14H19N3O/c1-3-17-9-12(8-16-17)10-18-14-7-5-4-6-13(14)11(2)15/h4-9,11H,3,10,15H2,1-2H3. The normalized spacial score (nSPS) is 12.4. The molecule has 0 aliphatic carbocycles. The van der Waals surface area contributed by atoms with Crippen molar-refractivity contribution in [2.75, 3.05) is 0 Å². The van der Waals surface area contributed by atoms with Crippen LogP contribution >= 0.6 is 0 Å². The summed E-state index contributed by atoms with van der Waals surface area (Å²) in [6.07, 6.45) is 3.83. The van der Waals surface area contributed by atoms with Gasteiger partial charge in [-0.1, -0.05) is 18.2 Å². The molecule has 0 aliphatic heterocycles. The Morgan fingerprint density at radius 2 is 2.17 bits per heavy atom. The van der Waals surface area contributed by atoms with Crippen molar-refractivity contribution in [1.82, 2.24) is 9.78 Å². The summed E-state index contributed by atoms with van der Waals surface area (Å²) < 4.78 is 7.69. The van der Waals surface area contributed by atoms with Crippen molar-refractivity contribution >= 4 is 0 Å². The fourth-order valence-corrected chi connectivity index (χ4v) is 1.80. The maximum absolute atomic E-state index is 5.91. The molecule has 18 heavy (non-hydrogen) atoms. The second-order valence-electron chi connectivity index (χ2n) is 4.32. The van der Waals surface area contributed by atoms with E-state index >= 15 is 0 Å². The maximum atomic E-state index is 5.91. The highest BCUT2D eigenvalue weighted by Crippen LogP contribution is 2.23. The van der Waals surface area contributed by atoms with Crippen LogP contribution in [0.2, 0.25) is 0 Å². The SMILES string of the molecule is CCn1cc(COc2ccccc2C(C)N)cn1. The number of hydrogen-bond donors (Lipinski definition) is 1. The van der Waals surface area contributed by atoms with Gasteiger partial charge in [0.15, 0.2) is 0 Å². The summed E-state index contributed by atoms with van der Waals surface area (Å²) >= 11 is 0. The molecule has 0 fully saturated rings. The number of nitrogens with zero attached hydrogens (tertiary/aromatic N) is 2. The van der Waals surface area contributed by atoms with E-state index in [0.29, 0.717) is 6.61 Å². The molecular weight excluding hydrogens is 226 g/mol. The minimum Gasteiger partial charge on any atom is -0.488 e. The molecule has 0 spiro atoms. The molecule has 0 aliphatic rings. The van der Waals surface area contributed by atoms with Crippen molar-refractivity contribution < 1.29 is 4.74 Å². The number of hydrogen-bond acceptors (Lipinski definition) is 3. The Balaban J connectivity index is 2.05. The second kappa shape index (κ2) is 5.69. The van der Waals surface area contributed by atoms with Crippen molar-refractivity contribution in [3.8, 4) is 5.75 Å². The van der Waals surface area contributed by atoms with Crippen LogP contribution in [0.15, 0.2) is 36.7 Å². The fourth-order valence-electron chi connectivity index (χ4n) is 1.80. The minimum absolute atomic E-state index is 0.0282. The molecule has 1 heterocycles. The summed E-state index contributed by atoms with van der Waals surface area (Å²) in [4.78, 5) is 0. The first-order valence-corrected chi connectivity index (χ1v) is 6.19. The van der Waals surface area contributed by atoms with Gasteiger partial charge < -0.3 is 10.5 Å². The highest BCUT2D eigenvalue weighted by Gasteiger charge is 2.07. The smallest absolute Gasteiger partial charge is 0.124 e. The third kappa shape index (κ3) is 2.90. The fraction of sp³-hybridized carbons (Fsp3) is 0.357. The molecule has 0 radical (unpaired) electrons. The van der Waals surface area contributed by atoms with E-state index in [4.69, 9.17) is 10.5 Å². The number of aromatic nitrogens is 2. The largest absolute Gasteiger partial charge is 0.488 e. The number of ether oxygens (including phenoxy) is 1. The van der Waals surface area contributed by atoms with Gasteiger partial charge in [0, 0.05) is 29.9 Å². The number of rotatable bonds is 5. The van der Waals surface area contributed by atoms with Crippen molar-refractivity contribution in [3.63, 3.8) is 0 Å². The third-order valence-electron chi connectivity index (χ3n) is 2.81. The zero-order valence-electron chi connectivity index (χ0n) is 10.8. The molecular formula is C14H19N3O. The predicted molar refractivity (Wildman–Crippen MR) is 71.3 cm³/mol. The van der Waals surface area contributed by atoms with Gasteiger partial charge in [-0.15, -0.1) is 0 Å². The summed E-state index contributed by atoms with van der Waals surface area (Å²) in [7, 11) is 0. The Bertz CT molecular complexity index is 505. The van der Waals surface area contributed by atoms with Crippen LogP contribution < -0.4 is 10.5 Å². The molecule has 1 aromatic heterocycles. The second-order valence-corrected chi connectivity index (χ2v) is 4.32. The summed E-state index contributed by atoms with van der Waals surface area (Å²) in [5.41, 5.74) is 8.01. The van der Waals surface area contributed by atoms with Gasteiger partial charge in [-0.25, -0.2) is 0 Å². The van der Waals surface area contributed by atoms with E-state index in [1.165, 1.54) is 0 Å². The summed E-state index contributed by atoms with van der Waals surface area (Å²) in [6, 6.07) is 7.84. The lowest BCUT2D eigenvalue weighted by molar-refractivity contribution is 0.301. The van der Waals surface area contributed by atoms with Gasteiger partial charge in [0.1, 0.15) is 12.4 Å². The van der Waals surface area contributed by atoms with Crippen LogP contribution in [0.3, 0.4) is 0 Å². The van der Waals surface area contributed by atoms with Crippen LogP contribution in [0.1, 0.15) is 31.0 Å². The van der Waals surface area contributed by atoms with Gasteiger partial charge in [0.05, 0.1) is 6.20 Å². The van der Waals surface area contributed by atoms with Crippen LogP contribution in [0.5, 0.6) is 5.75 Å². The van der Waals surface area contributed by atoms with Crippen LogP contribution in [-0.2, 0) is 13.2 Å². The first-order chi connectivity index (χ1) is 8.70. The highest BCUT2D eigenvalue weighted by molar-refractivity contribution is 5.35. The lowest BCUT2D eigenvalue weighted by atomic mass is 10.1. The van der Waals surface area contributed by atoms with E-state index < -0.39 is 0 Å². The molecule has 0 saturated heterocycles. The average molecular weight is 245 g/mol. The van der Waals surface area contributed by atoms with Gasteiger partial charge in [-0.2, -0.15) is 5.10 Å². The quantitative estimate of drug-likeness (QED) is 0.880. The Hall–Kier alpha value is -1.81. The molecule has 4 heteroatoms. The molecule has 4 nitrogen and oxygen atoms in total. The number of benzene rings is 1. The molecule has 1 unspecified atom stereocenters. The summed E-state index contributed by atoms with van der Waals surface area (Å²) in [5.74, 6) is 0.844. The van der Waals surface area contributed by atoms with Gasteiger partial charge in [-0.3, -0.25) is 4.68 Å². The van der Waals surface area contributed by atoms with Crippen LogP contribution in [0, 0.1) is 0 Å². The van der Waals surface area contributed by atoms with Crippen LogP contribution in [0.4, 0.5) is 0 Å². The lowest BCUT2D eigenvalue weighted by Crippen LogP contribution is -2.07. The van der Waals surface area contributed by atoms with E-state index in [1.807, 2.05) is 48.3 Å². The van der Waals surface area contributed by atoms with E-state index in [-0.39, 0.29) is 6.04 Å². The summed E-state index contributed by atoms with van der Waals surface area (Å²) in [6.45, 7) is 5.40. The van der Waals surface area contributed by atoms with Crippen LogP contribution in [-0.4, -0.2) is 9.78 Å². The van der Waals surface area contributed by atoms with E-state index in [0.717, 1.165) is 23.4 Å². The van der Waals surface area contributed by atoms with E-state index in [9.17, 15) is 0 Å². The molecule has 2 rings (SSSR count). The first-order valence-electron chi connectivity index (χ1n) is 6.19. The number of aryl methyl sites for hydroxylation is 1. The van der Waals surface area contributed by atoms with Crippen molar-refractivity contribution in [2.45, 2.75) is 33.0 Å². The van der Waals surface area contributed by atoms with Crippen LogP contribution in [0.25, 0.3) is 0 Å². The predicted octanol–water partition coefficient (Wildman–Crippen LogP) is 2.50. The molecule has 96 valence electrons. The molecule has 2 N–H and O–H groups in total. The topological polar surface area (TPSA) is 53.1 Å². The Labute approximate surface area is 107 Å². The minimum atomic E-state index is -0.0282. The van der Waals surface area contributed by atoms with Crippen molar-refractivity contribution in [2.24, 2.45) is 5.73 Å². The molecule has 0 saturated carbocycles. The molecule has 2 aromatic rings. The van der Waals surface area contributed by atoms with E-state index in [1.54, 1.807) is 0 Å². The van der Waals surface area contributed by atoms with Gasteiger partial charge >= 0.3 is 0 Å². The van der Waals surface area contributed by atoms with Gasteiger partial charge in [-0.05, 0) is 19.9 Å². The monoisotopic (exact) mass is 245 g/mol. The number of para-hydroxylation sites is 1. The number of nitrogens with two attached hydrogens (primary N) is 1. The van der Waals surface area contributed by atoms with E-state index in [2.05, 4.69) is 12.0 Å². The zero-order valence-corrected chi connectivity index (χ0v) is 10.8.